The maximum atomic E-state index is 5.40. The van der Waals surface area contributed by atoms with Crippen LogP contribution in [0.3, 0.4) is 0 Å². The van der Waals surface area contributed by atoms with Gasteiger partial charge in [-0.15, -0.1) is 0 Å². The van der Waals surface area contributed by atoms with E-state index in [1.54, 1.807) is 14.2 Å². The van der Waals surface area contributed by atoms with E-state index in [0.717, 1.165) is 36.3 Å². The van der Waals surface area contributed by atoms with Gasteiger partial charge in [-0.2, -0.15) is 0 Å². The van der Waals surface area contributed by atoms with Crippen molar-refractivity contribution in [3.8, 4) is 11.5 Å². The lowest BCUT2D eigenvalue weighted by Gasteiger charge is -2.29. The summed E-state index contributed by atoms with van der Waals surface area (Å²) in [5, 5.41) is 1.12. The molecule has 0 aliphatic carbocycles. The van der Waals surface area contributed by atoms with E-state index in [1.165, 1.54) is 36.9 Å². The van der Waals surface area contributed by atoms with Gasteiger partial charge >= 0.3 is 0 Å². The van der Waals surface area contributed by atoms with E-state index in [9.17, 15) is 0 Å². The van der Waals surface area contributed by atoms with Gasteiger partial charge in [0, 0.05) is 18.4 Å². The van der Waals surface area contributed by atoms with Crippen LogP contribution in [0.2, 0.25) is 0 Å². The minimum Gasteiger partial charge on any atom is -0.493 e. The van der Waals surface area contributed by atoms with E-state index in [0.29, 0.717) is 0 Å². The number of alkyl halides is 1. The molecule has 0 spiro atoms. The number of ether oxygens (including phenoxy) is 2. The van der Waals surface area contributed by atoms with Crippen LogP contribution in [0.15, 0.2) is 12.1 Å². The molecular weight excluding hydrogens is 318 g/mol. The van der Waals surface area contributed by atoms with Crippen LogP contribution in [-0.2, 0) is 13.0 Å². The smallest absolute Gasteiger partial charge is 0.161 e. The van der Waals surface area contributed by atoms with Crippen molar-refractivity contribution in [1.82, 2.24) is 4.90 Å². The van der Waals surface area contributed by atoms with Crippen LogP contribution in [0.5, 0.6) is 11.5 Å². The highest BCUT2D eigenvalue weighted by Crippen LogP contribution is 2.33. The highest BCUT2D eigenvalue weighted by Gasteiger charge is 2.18. The summed E-state index contributed by atoms with van der Waals surface area (Å²) < 4.78 is 10.8. The second-order valence-corrected chi connectivity index (χ2v) is 6.04. The Labute approximate surface area is 130 Å². The molecule has 1 aliphatic heterocycles. The van der Waals surface area contributed by atoms with Gasteiger partial charge in [0.1, 0.15) is 0 Å². The number of methoxy groups -OCH3 is 2. The molecule has 3 nitrogen and oxygen atoms in total. The molecule has 0 N–H and O–H groups in total. The number of fused-ring (bicyclic) bond motifs is 1. The lowest BCUT2D eigenvalue weighted by Crippen LogP contribution is -2.31. The summed E-state index contributed by atoms with van der Waals surface area (Å²) in [5.74, 6) is 1.68. The molecule has 0 saturated heterocycles. The Hall–Kier alpha value is -0.740. The average Bonchev–Trinajstić information content (AvgIpc) is 2.50. The Bertz CT molecular complexity index is 437. The zero-order valence-electron chi connectivity index (χ0n) is 12.5. The zero-order chi connectivity index (χ0) is 14.4. The van der Waals surface area contributed by atoms with E-state index >= 15 is 0 Å². The van der Waals surface area contributed by atoms with Crippen LogP contribution in [0.25, 0.3) is 0 Å². The molecule has 0 radical (unpaired) electrons. The first-order chi connectivity index (χ1) is 9.78. The van der Waals surface area contributed by atoms with Crippen molar-refractivity contribution in [1.29, 1.82) is 0 Å². The molecule has 0 saturated carbocycles. The molecule has 1 aliphatic rings. The van der Waals surface area contributed by atoms with E-state index in [-0.39, 0.29) is 0 Å². The average molecular weight is 342 g/mol. The molecule has 4 heteroatoms. The van der Waals surface area contributed by atoms with Crippen LogP contribution in [-0.4, -0.2) is 37.5 Å². The summed E-state index contributed by atoms with van der Waals surface area (Å²) in [7, 11) is 3.40. The minimum atomic E-state index is 0.840. The molecule has 112 valence electrons. The van der Waals surface area contributed by atoms with E-state index < -0.39 is 0 Å². The second-order valence-electron chi connectivity index (χ2n) is 5.25. The molecule has 0 fully saturated rings. The fourth-order valence-electron chi connectivity index (χ4n) is 2.74. The van der Waals surface area contributed by atoms with E-state index in [2.05, 4.69) is 33.0 Å². The highest BCUT2D eigenvalue weighted by molar-refractivity contribution is 9.09. The van der Waals surface area contributed by atoms with Gasteiger partial charge in [0.2, 0.25) is 0 Å². The first-order valence-electron chi connectivity index (χ1n) is 7.30. The van der Waals surface area contributed by atoms with Crippen molar-refractivity contribution in [3.05, 3.63) is 23.3 Å². The number of hydrogen-bond donors (Lipinski definition) is 0. The molecule has 0 aromatic heterocycles. The van der Waals surface area contributed by atoms with Crippen molar-refractivity contribution < 1.29 is 9.47 Å². The van der Waals surface area contributed by atoms with Gasteiger partial charge in [-0.1, -0.05) is 22.4 Å². The molecular formula is C16H24BrNO2. The Morgan fingerprint density at radius 3 is 2.40 bits per heavy atom. The molecule has 0 unspecified atom stereocenters. The quantitative estimate of drug-likeness (QED) is 0.558. The first-order valence-corrected chi connectivity index (χ1v) is 8.42. The topological polar surface area (TPSA) is 21.7 Å². The van der Waals surface area contributed by atoms with Crippen LogP contribution in [0.4, 0.5) is 0 Å². The number of hydrogen-bond acceptors (Lipinski definition) is 3. The molecule has 0 atom stereocenters. The van der Waals surface area contributed by atoms with Gasteiger partial charge in [0.25, 0.3) is 0 Å². The van der Waals surface area contributed by atoms with Crippen LogP contribution in [0.1, 0.15) is 30.4 Å². The maximum Gasteiger partial charge on any atom is 0.161 e. The fourth-order valence-corrected chi connectivity index (χ4v) is 3.14. The van der Waals surface area contributed by atoms with Gasteiger partial charge in [-0.05, 0) is 49.1 Å². The predicted octanol–water partition coefficient (Wildman–Crippen LogP) is 3.63. The Kier molecular flexibility index (Phi) is 6.17. The normalized spacial score (nSPS) is 14.9. The summed E-state index contributed by atoms with van der Waals surface area (Å²) in [6.45, 7) is 3.38. The molecule has 0 bridgehead atoms. The zero-order valence-corrected chi connectivity index (χ0v) is 14.0. The number of benzene rings is 1. The predicted molar refractivity (Wildman–Crippen MR) is 86.2 cm³/mol. The van der Waals surface area contributed by atoms with Crippen molar-refractivity contribution in [2.75, 3.05) is 32.6 Å². The second kappa shape index (κ2) is 7.89. The van der Waals surface area contributed by atoms with Gasteiger partial charge in [-0.3, -0.25) is 4.90 Å². The number of halogens is 1. The third-order valence-electron chi connectivity index (χ3n) is 3.91. The summed E-state index contributed by atoms with van der Waals surface area (Å²) in [6, 6.07) is 4.27. The molecule has 1 heterocycles. The lowest BCUT2D eigenvalue weighted by atomic mass is 9.98. The van der Waals surface area contributed by atoms with Gasteiger partial charge in [0.05, 0.1) is 14.2 Å². The summed E-state index contributed by atoms with van der Waals surface area (Å²) in [6.07, 6.45) is 4.97. The molecule has 0 amide bonds. The first kappa shape index (κ1) is 15.6. The SMILES string of the molecule is COc1cc2c(cc1OC)CN(CCCCCBr)CC2. The Morgan fingerprint density at radius 1 is 1.05 bits per heavy atom. The van der Waals surface area contributed by atoms with E-state index in [4.69, 9.17) is 9.47 Å². The Balaban J connectivity index is 1.98. The molecule has 1 aromatic carbocycles. The number of unbranched alkanes of at least 4 members (excludes halogenated alkanes) is 2. The largest absolute Gasteiger partial charge is 0.493 e. The van der Waals surface area contributed by atoms with Crippen LogP contribution >= 0.6 is 15.9 Å². The van der Waals surface area contributed by atoms with Gasteiger partial charge in [0.15, 0.2) is 11.5 Å². The molecule has 20 heavy (non-hydrogen) atoms. The lowest BCUT2D eigenvalue weighted by molar-refractivity contribution is 0.247. The summed E-state index contributed by atoms with van der Waals surface area (Å²) in [5.41, 5.74) is 2.79. The van der Waals surface area contributed by atoms with Crippen molar-refractivity contribution >= 4 is 15.9 Å². The molecule has 2 rings (SSSR count). The van der Waals surface area contributed by atoms with Crippen LogP contribution < -0.4 is 9.47 Å². The third-order valence-corrected chi connectivity index (χ3v) is 4.47. The summed E-state index contributed by atoms with van der Waals surface area (Å²) >= 11 is 3.49. The Morgan fingerprint density at radius 2 is 1.75 bits per heavy atom. The monoisotopic (exact) mass is 341 g/mol. The standard InChI is InChI=1S/C16H24BrNO2/c1-19-15-10-13-6-9-18(8-5-3-4-7-17)12-14(13)11-16(15)20-2/h10-11H,3-9,12H2,1-2H3. The van der Waals surface area contributed by atoms with Crippen molar-refractivity contribution in [2.45, 2.75) is 32.2 Å². The summed E-state index contributed by atoms with van der Waals surface area (Å²) in [4.78, 5) is 2.54. The third kappa shape index (κ3) is 3.89. The van der Waals surface area contributed by atoms with Crippen LogP contribution in [0, 0.1) is 0 Å². The minimum absolute atomic E-state index is 0.840. The van der Waals surface area contributed by atoms with Gasteiger partial charge < -0.3 is 9.47 Å². The highest BCUT2D eigenvalue weighted by atomic mass is 79.9. The fraction of sp³-hybridized carbons (Fsp3) is 0.625. The van der Waals surface area contributed by atoms with Crippen molar-refractivity contribution in [3.63, 3.8) is 0 Å². The van der Waals surface area contributed by atoms with Gasteiger partial charge in [-0.25, -0.2) is 0 Å². The van der Waals surface area contributed by atoms with Crippen molar-refractivity contribution in [2.24, 2.45) is 0 Å². The van der Waals surface area contributed by atoms with E-state index in [1.807, 2.05) is 0 Å². The number of nitrogens with zero attached hydrogens (tertiary/aromatic N) is 1. The molecule has 1 aromatic rings. The maximum absolute atomic E-state index is 5.40. The number of rotatable bonds is 7.